The van der Waals surface area contributed by atoms with Crippen molar-refractivity contribution in [2.24, 2.45) is 5.41 Å². The average Bonchev–Trinajstić information content (AvgIpc) is 2.67. The van der Waals surface area contributed by atoms with Gasteiger partial charge in [0.1, 0.15) is 0 Å². The van der Waals surface area contributed by atoms with Gasteiger partial charge in [-0.1, -0.05) is 59.9 Å². The molecular weight excluding hydrogens is 332 g/mol. The Bertz CT molecular complexity index is 686. The summed E-state index contributed by atoms with van der Waals surface area (Å²) in [6, 6.07) is 10.1. The van der Waals surface area contributed by atoms with E-state index in [-0.39, 0.29) is 0 Å². The lowest BCUT2D eigenvalue weighted by Crippen LogP contribution is -2.35. The molecular formula is C25H34O2. The van der Waals surface area contributed by atoms with Crippen LogP contribution in [0, 0.1) is 17.3 Å². The number of rotatable bonds is 8. The molecule has 0 saturated heterocycles. The van der Waals surface area contributed by atoms with Gasteiger partial charge in [-0.3, -0.25) is 0 Å². The summed E-state index contributed by atoms with van der Waals surface area (Å²) < 4.78 is 5.80. The van der Waals surface area contributed by atoms with Gasteiger partial charge in [0.05, 0.1) is 24.7 Å². The maximum absolute atomic E-state index is 10.9. The summed E-state index contributed by atoms with van der Waals surface area (Å²) in [7, 11) is 0. The average molecular weight is 367 g/mol. The smallest absolute Gasteiger partial charge is 0.0936 e. The van der Waals surface area contributed by atoms with Crippen LogP contribution in [0.3, 0.4) is 0 Å². The van der Waals surface area contributed by atoms with Gasteiger partial charge in [-0.05, 0) is 70.4 Å². The first-order chi connectivity index (χ1) is 13.0. The summed E-state index contributed by atoms with van der Waals surface area (Å²) >= 11 is 0. The van der Waals surface area contributed by atoms with Gasteiger partial charge in [0.25, 0.3) is 0 Å². The van der Waals surface area contributed by atoms with Crippen molar-refractivity contribution in [2.75, 3.05) is 6.61 Å². The number of aliphatic hydroxyl groups is 1. The van der Waals surface area contributed by atoms with Crippen LogP contribution in [0.4, 0.5) is 0 Å². The van der Waals surface area contributed by atoms with E-state index in [4.69, 9.17) is 4.74 Å². The minimum Gasteiger partial charge on any atom is -0.389 e. The lowest BCUT2D eigenvalue weighted by atomic mass is 9.80. The molecule has 0 spiro atoms. The predicted octanol–water partition coefficient (Wildman–Crippen LogP) is 5.82. The van der Waals surface area contributed by atoms with E-state index in [1.54, 1.807) is 0 Å². The van der Waals surface area contributed by atoms with Crippen molar-refractivity contribution in [2.45, 2.75) is 72.0 Å². The van der Waals surface area contributed by atoms with Crippen LogP contribution in [0.25, 0.3) is 0 Å². The zero-order chi connectivity index (χ0) is 19.5. The second-order valence-corrected chi connectivity index (χ2v) is 7.98. The summed E-state index contributed by atoms with van der Waals surface area (Å²) in [5.41, 5.74) is 3.18. The van der Waals surface area contributed by atoms with Crippen molar-refractivity contribution in [3.05, 3.63) is 59.2 Å². The van der Waals surface area contributed by atoms with Gasteiger partial charge in [0.15, 0.2) is 0 Å². The van der Waals surface area contributed by atoms with Gasteiger partial charge in [-0.15, -0.1) is 0 Å². The molecule has 1 N–H and O–H groups in total. The van der Waals surface area contributed by atoms with E-state index >= 15 is 0 Å². The lowest BCUT2D eigenvalue weighted by molar-refractivity contribution is -0.0209. The maximum atomic E-state index is 10.9. The molecule has 1 aromatic carbocycles. The van der Waals surface area contributed by atoms with Crippen LogP contribution in [-0.2, 0) is 11.3 Å². The first kappa shape index (κ1) is 21.5. The van der Waals surface area contributed by atoms with Gasteiger partial charge >= 0.3 is 0 Å². The van der Waals surface area contributed by atoms with E-state index in [1.165, 1.54) is 24.0 Å². The number of hydrogen-bond acceptors (Lipinski definition) is 2. The fraction of sp³-hybridized carbons (Fsp3) is 0.520. The highest BCUT2D eigenvalue weighted by molar-refractivity contribution is 5.32. The van der Waals surface area contributed by atoms with Crippen molar-refractivity contribution >= 4 is 0 Å². The molecule has 0 aliphatic heterocycles. The number of allylic oxidation sites excluding steroid dienone is 4. The van der Waals surface area contributed by atoms with Crippen LogP contribution in [0.1, 0.15) is 64.9 Å². The van der Waals surface area contributed by atoms with E-state index < -0.39 is 11.5 Å². The third-order valence-electron chi connectivity index (χ3n) is 5.14. The molecule has 0 radical (unpaired) electrons. The van der Waals surface area contributed by atoms with E-state index in [0.717, 1.165) is 31.2 Å². The highest BCUT2D eigenvalue weighted by atomic mass is 16.5. The molecule has 0 bridgehead atoms. The van der Waals surface area contributed by atoms with E-state index in [9.17, 15) is 5.11 Å². The molecule has 0 heterocycles. The van der Waals surface area contributed by atoms with Crippen molar-refractivity contribution in [3.8, 4) is 11.8 Å². The molecule has 0 fully saturated rings. The first-order valence-corrected chi connectivity index (χ1v) is 10.1. The van der Waals surface area contributed by atoms with Gasteiger partial charge in [0, 0.05) is 0 Å². The van der Waals surface area contributed by atoms with Crippen LogP contribution in [0.2, 0.25) is 0 Å². The largest absolute Gasteiger partial charge is 0.389 e. The minimum absolute atomic E-state index is 0.300. The molecule has 2 atom stereocenters. The van der Waals surface area contributed by atoms with Gasteiger partial charge < -0.3 is 9.84 Å². The Hall–Kier alpha value is -1.82. The highest BCUT2D eigenvalue weighted by Gasteiger charge is 2.31. The molecule has 2 rings (SSSR count). The third-order valence-corrected chi connectivity index (χ3v) is 5.14. The van der Waals surface area contributed by atoms with Gasteiger partial charge in [-0.2, -0.15) is 0 Å². The van der Waals surface area contributed by atoms with E-state index in [1.807, 2.05) is 30.3 Å². The molecule has 2 heteroatoms. The van der Waals surface area contributed by atoms with Crippen LogP contribution in [0.5, 0.6) is 0 Å². The Labute approximate surface area is 165 Å². The second kappa shape index (κ2) is 11.1. The monoisotopic (exact) mass is 366 g/mol. The van der Waals surface area contributed by atoms with Crippen molar-refractivity contribution in [3.63, 3.8) is 0 Å². The molecule has 0 saturated carbocycles. The van der Waals surface area contributed by atoms with Crippen LogP contribution < -0.4 is 0 Å². The number of hydrogen-bond donors (Lipinski definition) is 1. The normalized spacial score (nSPS) is 17.1. The Balaban J connectivity index is 2.01. The quantitative estimate of drug-likeness (QED) is 0.464. The van der Waals surface area contributed by atoms with E-state index in [2.05, 4.69) is 44.8 Å². The molecule has 1 aliphatic rings. The Morgan fingerprint density at radius 3 is 2.70 bits per heavy atom. The molecule has 1 aromatic rings. The van der Waals surface area contributed by atoms with E-state index in [0.29, 0.717) is 13.2 Å². The molecule has 0 unspecified atom stereocenters. The SMILES string of the molecule is CC(C)=CCC[C@@](C)(C#CC1=CCCCC1)[C@@H](O)COCc1ccccc1. The number of aliphatic hydroxyl groups excluding tert-OH is 1. The fourth-order valence-corrected chi connectivity index (χ4v) is 3.19. The number of benzene rings is 1. The van der Waals surface area contributed by atoms with Crippen LogP contribution >= 0.6 is 0 Å². The summed E-state index contributed by atoms with van der Waals surface area (Å²) in [6.07, 6.45) is 10.3. The lowest BCUT2D eigenvalue weighted by Gasteiger charge is -2.29. The van der Waals surface area contributed by atoms with Crippen molar-refractivity contribution in [1.82, 2.24) is 0 Å². The standard InChI is InChI=1S/C25H34O2/c1-21(2)11-10-17-25(3,18-16-22-12-6-4-7-13-22)24(26)20-27-19-23-14-8-5-9-15-23/h5,8-9,11-12,14-15,24,26H,4,6-7,10,13,17,19-20H2,1-3H3/t24-,25-/m0/s1. The Morgan fingerprint density at radius 1 is 1.26 bits per heavy atom. The summed E-state index contributed by atoms with van der Waals surface area (Å²) in [5, 5.41) is 10.9. The zero-order valence-corrected chi connectivity index (χ0v) is 17.1. The molecule has 2 nitrogen and oxygen atoms in total. The minimum atomic E-state index is -0.608. The molecule has 0 amide bonds. The maximum Gasteiger partial charge on any atom is 0.0936 e. The van der Waals surface area contributed by atoms with Crippen LogP contribution in [-0.4, -0.2) is 17.8 Å². The Kier molecular flexibility index (Phi) is 8.85. The summed E-state index contributed by atoms with van der Waals surface area (Å²) in [6.45, 7) is 7.09. The summed E-state index contributed by atoms with van der Waals surface area (Å²) in [4.78, 5) is 0. The molecule has 1 aliphatic carbocycles. The van der Waals surface area contributed by atoms with Gasteiger partial charge in [-0.25, -0.2) is 0 Å². The summed E-state index contributed by atoms with van der Waals surface area (Å²) in [5.74, 6) is 6.77. The molecule has 0 aromatic heterocycles. The molecule has 146 valence electrons. The number of ether oxygens (including phenoxy) is 1. The topological polar surface area (TPSA) is 29.5 Å². The van der Waals surface area contributed by atoms with Crippen molar-refractivity contribution in [1.29, 1.82) is 0 Å². The second-order valence-electron chi connectivity index (χ2n) is 7.98. The molecule has 27 heavy (non-hydrogen) atoms. The Morgan fingerprint density at radius 2 is 2.04 bits per heavy atom. The zero-order valence-electron chi connectivity index (χ0n) is 17.1. The fourth-order valence-electron chi connectivity index (χ4n) is 3.19. The van der Waals surface area contributed by atoms with Crippen molar-refractivity contribution < 1.29 is 9.84 Å². The highest BCUT2D eigenvalue weighted by Crippen LogP contribution is 2.29. The predicted molar refractivity (Wildman–Crippen MR) is 113 cm³/mol. The van der Waals surface area contributed by atoms with Crippen LogP contribution in [0.15, 0.2) is 53.6 Å². The third kappa shape index (κ3) is 7.75. The first-order valence-electron chi connectivity index (χ1n) is 10.1. The van der Waals surface area contributed by atoms with Gasteiger partial charge in [0.2, 0.25) is 0 Å².